The first-order chi connectivity index (χ1) is 16.2. The van der Waals surface area contributed by atoms with E-state index in [0.717, 1.165) is 10.4 Å². The van der Waals surface area contributed by atoms with E-state index in [1.165, 1.54) is 22.3 Å². The van der Waals surface area contributed by atoms with Gasteiger partial charge in [0.25, 0.3) is 0 Å². The lowest BCUT2D eigenvalue weighted by molar-refractivity contribution is -0.136. The highest BCUT2D eigenvalue weighted by Crippen LogP contribution is 2.28. The molecule has 182 valence electrons. The number of amides is 2. The van der Waals surface area contributed by atoms with Crippen LogP contribution in [0.25, 0.3) is 0 Å². The Kier molecular flexibility index (Phi) is 7.19. The van der Waals surface area contributed by atoms with Gasteiger partial charge in [0, 0.05) is 17.8 Å². The van der Waals surface area contributed by atoms with Crippen LogP contribution in [0.4, 0.5) is 0 Å². The third-order valence-electron chi connectivity index (χ3n) is 5.77. The van der Waals surface area contributed by atoms with Gasteiger partial charge in [0.2, 0.25) is 21.8 Å². The minimum Gasteiger partial charge on any atom is -0.493 e. The summed E-state index contributed by atoms with van der Waals surface area (Å²) in [4.78, 5) is 28.5. The Morgan fingerprint density at radius 1 is 1.26 bits per heavy atom. The SMILES string of the molecule is N=C(N)c1ccc(CNC(=O)CN2CCCC[C@H](NS(=O)(=O)c3ccc4c(c3)CCO4)C2=O)s1. The summed E-state index contributed by atoms with van der Waals surface area (Å²) in [5.41, 5.74) is 6.29. The molecule has 0 spiro atoms. The van der Waals surface area contributed by atoms with E-state index in [4.69, 9.17) is 15.9 Å². The molecule has 0 unspecified atom stereocenters. The van der Waals surface area contributed by atoms with Crippen molar-refractivity contribution in [1.29, 1.82) is 5.41 Å². The molecule has 0 aliphatic carbocycles. The number of nitrogens with one attached hydrogen (secondary N) is 3. The molecule has 2 aliphatic rings. The Labute approximate surface area is 202 Å². The number of fused-ring (bicyclic) bond motifs is 1. The van der Waals surface area contributed by atoms with Gasteiger partial charge in [-0.05, 0) is 55.2 Å². The van der Waals surface area contributed by atoms with Crippen molar-refractivity contribution in [3.63, 3.8) is 0 Å². The van der Waals surface area contributed by atoms with Crippen molar-refractivity contribution in [3.05, 3.63) is 45.6 Å². The molecule has 0 bridgehead atoms. The highest BCUT2D eigenvalue weighted by atomic mass is 32.2. The fourth-order valence-corrected chi connectivity index (χ4v) is 6.07. The molecule has 0 radical (unpaired) electrons. The maximum absolute atomic E-state index is 13.1. The third-order valence-corrected chi connectivity index (χ3v) is 8.36. The lowest BCUT2D eigenvalue weighted by Gasteiger charge is -2.24. The van der Waals surface area contributed by atoms with Crippen molar-refractivity contribution in [3.8, 4) is 5.75 Å². The number of sulfonamides is 1. The molecule has 1 aromatic heterocycles. The quantitative estimate of drug-likeness (QED) is 0.309. The van der Waals surface area contributed by atoms with Gasteiger partial charge >= 0.3 is 0 Å². The van der Waals surface area contributed by atoms with Crippen LogP contribution in [0.15, 0.2) is 35.2 Å². The zero-order valence-electron chi connectivity index (χ0n) is 18.5. The van der Waals surface area contributed by atoms with Gasteiger partial charge in [-0.25, -0.2) is 8.42 Å². The van der Waals surface area contributed by atoms with Crippen LogP contribution in [-0.4, -0.2) is 56.7 Å². The van der Waals surface area contributed by atoms with Crippen LogP contribution in [0, 0.1) is 5.41 Å². The summed E-state index contributed by atoms with van der Waals surface area (Å²) in [6.45, 7) is 1.01. The first-order valence-electron chi connectivity index (χ1n) is 11.0. The number of hydrogen-bond acceptors (Lipinski definition) is 7. The molecule has 10 nitrogen and oxygen atoms in total. The largest absolute Gasteiger partial charge is 0.493 e. The molecule has 5 N–H and O–H groups in total. The van der Waals surface area contributed by atoms with E-state index in [2.05, 4.69) is 10.0 Å². The number of benzene rings is 1. The van der Waals surface area contributed by atoms with Gasteiger partial charge in [-0.2, -0.15) is 4.72 Å². The summed E-state index contributed by atoms with van der Waals surface area (Å²) in [6.07, 6.45) is 2.36. The van der Waals surface area contributed by atoms with E-state index >= 15 is 0 Å². The predicted molar refractivity (Wildman–Crippen MR) is 127 cm³/mol. The summed E-state index contributed by atoms with van der Waals surface area (Å²) < 4.78 is 33.9. The normalized spacial score (nSPS) is 18.2. The minimum atomic E-state index is -3.91. The Morgan fingerprint density at radius 3 is 2.85 bits per heavy atom. The van der Waals surface area contributed by atoms with Crippen LogP contribution in [-0.2, 0) is 32.6 Å². The topological polar surface area (TPSA) is 155 Å². The zero-order chi connectivity index (χ0) is 24.3. The van der Waals surface area contributed by atoms with E-state index in [1.54, 1.807) is 24.3 Å². The van der Waals surface area contributed by atoms with Crippen molar-refractivity contribution >= 4 is 39.0 Å². The van der Waals surface area contributed by atoms with Crippen LogP contribution in [0.3, 0.4) is 0 Å². The number of thiophene rings is 1. The van der Waals surface area contributed by atoms with E-state index in [9.17, 15) is 18.0 Å². The summed E-state index contributed by atoms with van der Waals surface area (Å²) in [7, 11) is -3.91. The molecule has 12 heteroatoms. The van der Waals surface area contributed by atoms with Gasteiger partial charge in [-0.15, -0.1) is 11.3 Å². The monoisotopic (exact) mass is 505 g/mol. The number of ether oxygens (including phenoxy) is 1. The number of carbonyl (C=O) groups excluding carboxylic acids is 2. The lowest BCUT2D eigenvalue weighted by atomic mass is 10.1. The number of carbonyl (C=O) groups is 2. The summed E-state index contributed by atoms with van der Waals surface area (Å²) >= 11 is 1.32. The van der Waals surface area contributed by atoms with Crippen LogP contribution in [0.2, 0.25) is 0 Å². The van der Waals surface area contributed by atoms with Gasteiger partial charge in [0.15, 0.2) is 0 Å². The number of nitrogens with zero attached hydrogens (tertiary/aromatic N) is 1. The fraction of sp³-hybridized carbons (Fsp3) is 0.409. The number of hydrogen-bond donors (Lipinski definition) is 4. The van der Waals surface area contributed by atoms with E-state index in [0.29, 0.717) is 49.5 Å². The zero-order valence-corrected chi connectivity index (χ0v) is 20.1. The van der Waals surface area contributed by atoms with Crippen molar-refractivity contribution in [1.82, 2.24) is 14.9 Å². The second-order valence-corrected chi connectivity index (χ2v) is 11.1. The highest BCUT2D eigenvalue weighted by Gasteiger charge is 2.32. The summed E-state index contributed by atoms with van der Waals surface area (Å²) in [5, 5.41) is 10.2. The fourth-order valence-electron chi connectivity index (χ4n) is 3.99. The number of nitrogens with two attached hydrogens (primary N) is 1. The molecule has 3 heterocycles. The first kappa shape index (κ1) is 24.2. The predicted octanol–water partition coefficient (Wildman–Crippen LogP) is 0.943. The standard InChI is InChI=1S/C22H27N5O5S2/c23-21(24)19-7-4-15(33-19)12-25-20(28)13-27-9-2-1-3-17(22(27)29)26-34(30,31)16-5-6-18-14(11-16)8-10-32-18/h4-7,11,17,26H,1-3,8-10,12-13H2,(H3,23,24)(H,25,28)/t17-/m0/s1. The molecule has 0 saturated carbocycles. The van der Waals surface area contributed by atoms with Gasteiger partial charge in [-0.3, -0.25) is 15.0 Å². The average Bonchev–Trinajstić information content (AvgIpc) is 3.44. The molecule has 2 aromatic rings. The van der Waals surface area contributed by atoms with Crippen LogP contribution in [0.5, 0.6) is 5.75 Å². The van der Waals surface area contributed by atoms with Crippen LogP contribution < -0.4 is 20.5 Å². The molecule has 1 fully saturated rings. The number of likely N-dealkylation sites (tertiary alicyclic amines) is 1. The summed E-state index contributed by atoms with van der Waals surface area (Å²) in [5.74, 6) is -0.0924. The molecule has 4 rings (SSSR count). The van der Waals surface area contributed by atoms with E-state index in [1.807, 2.05) is 0 Å². The Hall–Kier alpha value is -2.96. The van der Waals surface area contributed by atoms with E-state index < -0.39 is 22.0 Å². The molecule has 1 aromatic carbocycles. The van der Waals surface area contributed by atoms with Crippen LogP contribution in [0.1, 0.15) is 34.6 Å². The first-order valence-corrected chi connectivity index (χ1v) is 13.3. The third kappa shape index (κ3) is 5.57. The Balaban J connectivity index is 1.37. The Bertz CT molecular complexity index is 1210. The molecular formula is C22H27N5O5S2. The van der Waals surface area contributed by atoms with Crippen molar-refractivity contribution in [2.24, 2.45) is 5.73 Å². The van der Waals surface area contributed by atoms with Crippen molar-refractivity contribution < 1.29 is 22.7 Å². The number of amidine groups is 1. The molecule has 1 saturated heterocycles. The van der Waals surface area contributed by atoms with Gasteiger partial charge in [0.05, 0.1) is 29.5 Å². The van der Waals surface area contributed by atoms with Crippen LogP contribution >= 0.6 is 11.3 Å². The molecule has 2 amide bonds. The molecule has 34 heavy (non-hydrogen) atoms. The minimum absolute atomic E-state index is 0.0283. The maximum Gasteiger partial charge on any atom is 0.241 e. The average molecular weight is 506 g/mol. The number of nitrogen functional groups attached to an aromatic ring is 1. The van der Waals surface area contributed by atoms with Gasteiger partial charge in [-0.1, -0.05) is 0 Å². The Morgan fingerprint density at radius 2 is 2.09 bits per heavy atom. The smallest absolute Gasteiger partial charge is 0.241 e. The summed E-state index contributed by atoms with van der Waals surface area (Å²) in [6, 6.07) is 7.27. The van der Waals surface area contributed by atoms with Crippen molar-refractivity contribution in [2.75, 3.05) is 19.7 Å². The molecule has 1 atom stereocenters. The molecule has 2 aliphatic heterocycles. The maximum atomic E-state index is 13.1. The van der Waals surface area contributed by atoms with E-state index in [-0.39, 0.29) is 29.7 Å². The second-order valence-electron chi connectivity index (χ2n) is 8.25. The van der Waals surface area contributed by atoms with Gasteiger partial charge in [0.1, 0.15) is 17.6 Å². The van der Waals surface area contributed by atoms with Gasteiger partial charge < -0.3 is 20.7 Å². The second kappa shape index (κ2) is 10.1. The number of rotatable bonds is 8. The van der Waals surface area contributed by atoms with Crippen molar-refractivity contribution in [2.45, 2.75) is 43.2 Å². The highest BCUT2D eigenvalue weighted by molar-refractivity contribution is 7.89. The molecular weight excluding hydrogens is 478 g/mol. The lowest BCUT2D eigenvalue weighted by Crippen LogP contribution is -2.49.